The monoisotopic (exact) mass is 200 g/mol. The molecule has 2 unspecified atom stereocenters. The second kappa shape index (κ2) is 6.41. The van der Waals surface area contributed by atoms with Crippen molar-refractivity contribution in [3.8, 4) is 0 Å². The Kier molecular flexibility index (Phi) is 6.38. The predicted octanol–water partition coefficient (Wildman–Crippen LogP) is 2.19. The molecule has 0 amide bonds. The number of rotatable bonds is 6. The lowest BCUT2D eigenvalue weighted by Gasteiger charge is -2.32. The summed E-state index contributed by atoms with van der Waals surface area (Å²) in [6.07, 6.45) is 0. The Bertz CT molecular complexity index is 143. The molecule has 0 aromatic rings. The molecule has 0 aliphatic rings. The minimum Gasteiger partial charge on any atom is -0.330 e. The molecule has 0 rings (SSSR count). The van der Waals surface area contributed by atoms with Crippen molar-refractivity contribution < 1.29 is 0 Å². The van der Waals surface area contributed by atoms with E-state index < -0.39 is 0 Å². The van der Waals surface area contributed by atoms with E-state index in [0.29, 0.717) is 23.8 Å². The Labute approximate surface area is 89.9 Å². The van der Waals surface area contributed by atoms with Gasteiger partial charge in [-0.05, 0) is 38.3 Å². The third kappa shape index (κ3) is 4.43. The molecule has 0 saturated carbocycles. The van der Waals surface area contributed by atoms with E-state index in [4.69, 9.17) is 5.73 Å². The summed E-state index contributed by atoms with van der Waals surface area (Å²) in [5.74, 6) is 2.02. The minimum atomic E-state index is 0.626. The van der Waals surface area contributed by atoms with Crippen molar-refractivity contribution in [3.05, 3.63) is 0 Å². The molecule has 86 valence electrons. The fraction of sp³-hybridized carbons (Fsp3) is 1.00. The molecule has 0 radical (unpaired) electrons. The molecule has 0 aromatic heterocycles. The van der Waals surface area contributed by atoms with Crippen LogP contribution in [0.25, 0.3) is 0 Å². The molecule has 0 aromatic carbocycles. The fourth-order valence-electron chi connectivity index (χ4n) is 1.60. The predicted molar refractivity (Wildman–Crippen MR) is 64.3 cm³/mol. The van der Waals surface area contributed by atoms with Gasteiger partial charge in [-0.3, -0.25) is 0 Å². The lowest BCUT2D eigenvalue weighted by atomic mass is 9.94. The molecule has 2 N–H and O–H groups in total. The molecule has 0 fully saturated rings. The Balaban J connectivity index is 4.08. The van der Waals surface area contributed by atoms with Crippen LogP contribution in [0.4, 0.5) is 0 Å². The normalized spacial score (nSPS) is 16.7. The van der Waals surface area contributed by atoms with Crippen molar-refractivity contribution in [2.75, 3.05) is 20.1 Å². The van der Waals surface area contributed by atoms with Crippen LogP contribution in [0.15, 0.2) is 0 Å². The van der Waals surface area contributed by atoms with Crippen molar-refractivity contribution >= 4 is 0 Å². The van der Waals surface area contributed by atoms with E-state index >= 15 is 0 Å². The van der Waals surface area contributed by atoms with Crippen molar-refractivity contribution in [1.29, 1.82) is 0 Å². The molecule has 0 spiro atoms. The van der Waals surface area contributed by atoms with Gasteiger partial charge in [0, 0.05) is 12.6 Å². The van der Waals surface area contributed by atoms with Gasteiger partial charge >= 0.3 is 0 Å². The largest absolute Gasteiger partial charge is 0.330 e. The van der Waals surface area contributed by atoms with Crippen molar-refractivity contribution in [2.24, 2.45) is 23.5 Å². The van der Waals surface area contributed by atoms with E-state index in [-0.39, 0.29) is 0 Å². The third-order valence-electron chi connectivity index (χ3n) is 3.43. The Morgan fingerprint density at radius 2 is 1.50 bits per heavy atom. The summed E-state index contributed by atoms with van der Waals surface area (Å²) in [6.45, 7) is 13.3. The van der Waals surface area contributed by atoms with Gasteiger partial charge in [0.15, 0.2) is 0 Å². The SMILES string of the molecule is CC(C)C(CN)CN(C)C(C)C(C)C. The Hall–Kier alpha value is -0.0800. The highest BCUT2D eigenvalue weighted by atomic mass is 15.1. The standard InChI is InChI=1S/C12H28N2/c1-9(2)11(5)14(6)8-12(7-13)10(3)4/h9-12H,7-8,13H2,1-6H3. The highest BCUT2D eigenvalue weighted by Crippen LogP contribution is 2.14. The lowest BCUT2D eigenvalue weighted by molar-refractivity contribution is 0.162. The summed E-state index contributed by atoms with van der Waals surface area (Å²) in [5, 5.41) is 0. The molecule has 0 aliphatic carbocycles. The van der Waals surface area contributed by atoms with Gasteiger partial charge < -0.3 is 10.6 Å². The molecule has 2 heteroatoms. The van der Waals surface area contributed by atoms with Gasteiger partial charge in [0.05, 0.1) is 0 Å². The van der Waals surface area contributed by atoms with Crippen molar-refractivity contribution in [2.45, 2.75) is 40.7 Å². The first kappa shape index (κ1) is 13.9. The maximum absolute atomic E-state index is 5.77. The van der Waals surface area contributed by atoms with E-state index in [1.807, 2.05) is 0 Å². The average Bonchev–Trinajstić information content (AvgIpc) is 2.11. The van der Waals surface area contributed by atoms with E-state index in [0.717, 1.165) is 13.1 Å². The molecule has 0 heterocycles. The molecular weight excluding hydrogens is 172 g/mol. The zero-order valence-electron chi connectivity index (χ0n) is 10.7. The fourth-order valence-corrected chi connectivity index (χ4v) is 1.60. The summed E-state index contributed by atoms with van der Waals surface area (Å²) >= 11 is 0. The van der Waals surface area contributed by atoms with Crippen LogP contribution in [0.3, 0.4) is 0 Å². The quantitative estimate of drug-likeness (QED) is 0.712. The van der Waals surface area contributed by atoms with Gasteiger partial charge in [-0.2, -0.15) is 0 Å². The van der Waals surface area contributed by atoms with E-state index in [2.05, 4.69) is 46.6 Å². The van der Waals surface area contributed by atoms with Crippen molar-refractivity contribution in [3.63, 3.8) is 0 Å². The summed E-state index contributed by atoms with van der Waals surface area (Å²) in [4.78, 5) is 2.43. The maximum atomic E-state index is 5.77. The van der Waals surface area contributed by atoms with Gasteiger partial charge in [-0.25, -0.2) is 0 Å². The van der Waals surface area contributed by atoms with Crippen LogP contribution in [-0.4, -0.2) is 31.1 Å². The van der Waals surface area contributed by atoms with Crippen molar-refractivity contribution in [1.82, 2.24) is 4.90 Å². The van der Waals surface area contributed by atoms with Crippen LogP contribution in [0.1, 0.15) is 34.6 Å². The van der Waals surface area contributed by atoms with Gasteiger partial charge in [0.25, 0.3) is 0 Å². The summed E-state index contributed by atoms with van der Waals surface area (Å²) in [7, 11) is 2.20. The van der Waals surface area contributed by atoms with Crippen LogP contribution in [0, 0.1) is 17.8 Å². The molecule has 14 heavy (non-hydrogen) atoms. The number of nitrogens with zero attached hydrogens (tertiary/aromatic N) is 1. The number of hydrogen-bond acceptors (Lipinski definition) is 2. The lowest BCUT2D eigenvalue weighted by Crippen LogP contribution is -2.40. The van der Waals surface area contributed by atoms with Crippen LogP contribution in [0.2, 0.25) is 0 Å². The topological polar surface area (TPSA) is 29.3 Å². The summed E-state index contributed by atoms with van der Waals surface area (Å²) in [6, 6.07) is 0.641. The average molecular weight is 200 g/mol. The third-order valence-corrected chi connectivity index (χ3v) is 3.43. The highest BCUT2D eigenvalue weighted by Gasteiger charge is 2.18. The van der Waals surface area contributed by atoms with Crippen LogP contribution in [-0.2, 0) is 0 Å². The smallest absolute Gasteiger partial charge is 0.00870 e. The van der Waals surface area contributed by atoms with Gasteiger partial charge in [0.2, 0.25) is 0 Å². The molecule has 2 atom stereocenters. The van der Waals surface area contributed by atoms with E-state index in [1.165, 1.54) is 0 Å². The highest BCUT2D eigenvalue weighted by molar-refractivity contribution is 4.73. The Morgan fingerprint density at radius 1 is 1.00 bits per heavy atom. The maximum Gasteiger partial charge on any atom is 0.00870 e. The molecule has 0 aliphatic heterocycles. The van der Waals surface area contributed by atoms with Gasteiger partial charge in [-0.1, -0.05) is 27.7 Å². The molecule has 0 saturated heterocycles. The first-order chi connectivity index (χ1) is 6.40. The number of nitrogens with two attached hydrogens (primary N) is 1. The zero-order valence-corrected chi connectivity index (χ0v) is 10.7. The molecular formula is C12H28N2. The second-order valence-corrected chi connectivity index (χ2v) is 5.16. The Morgan fingerprint density at radius 3 is 1.79 bits per heavy atom. The first-order valence-corrected chi connectivity index (χ1v) is 5.80. The number of hydrogen-bond donors (Lipinski definition) is 1. The van der Waals surface area contributed by atoms with Crippen LogP contribution >= 0.6 is 0 Å². The second-order valence-electron chi connectivity index (χ2n) is 5.16. The summed E-state index contributed by atoms with van der Waals surface area (Å²) in [5.41, 5.74) is 5.77. The van der Waals surface area contributed by atoms with Crippen LogP contribution in [0.5, 0.6) is 0 Å². The summed E-state index contributed by atoms with van der Waals surface area (Å²) < 4.78 is 0. The minimum absolute atomic E-state index is 0.626. The van der Waals surface area contributed by atoms with Gasteiger partial charge in [0.1, 0.15) is 0 Å². The molecule has 0 bridgehead atoms. The van der Waals surface area contributed by atoms with Gasteiger partial charge in [-0.15, -0.1) is 0 Å². The van der Waals surface area contributed by atoms with E-state index in [9.17, 15) is 0 Å². The van der Waals surface area contributed by atoms with Crippen LogP contribution < -0.4 is 5.73 Å². The first-order valence-electron chi connectivity index (χ1n) is 5.80. The zero-order chi connectivity index (χ0) is 11.3. The molecule has 2 nitrogen and oxygen atoms in total. The van der Waals surface area contributed by atoms with E-state index in [1.54, 1.807) is 0 Å².